The van der Waals surface area contributed by atoms with Crippen molar-refractivity contribution in [3.05, 3.63) is 52.8 Å². The number of ether oxygens (including phenoxy) is 1. The number of carbonyl (C=O) groups excluding carboxylic acids is 1. The highest BCUT2D eigenvalue weighted by molar-refractivity contribution is 5.89. The topological polar surface area (TPSA) is 26.3 Å². The van der Waals surface area contributed by atoms with Crippen LogP contribution in [-0.4, -0.2) is 12.9 Å². The van der Waals surface area contributed by atoms with Crippen LogP contribution in [0.5, 0.6) is 5.75 Å². The zero-order valence-corrected chi connectivity index (χ0v) is 11.5. The average molecular weight is 294 g/mol. The molecule has 0 aliphatic heterocycles. The number of hydrogen-bond acceptors (Lipinski definition) is 2. The van der Waals surface area contributed by atoms with E-state index in [2.05, 4.69) is 0 Å². The first kappa shape index (κ1) is 15.1. The van der Waals surface area contributed by atoms with Gasteiger partial charge in [0.15, 0.2) is 23.7 Å². The fraction of sp³-hybridized carbons (Fsp3) is 0.188. The molecule has 21 heavy (non-hydrogen) atoms. The summed E-state index contributed by atoms with van der Waals surface area (Å²) in [6.07, 6.45) is 0.526. The summed E-state index contributed by atoms with van der Waals surface area (Å²) in [6.45, 7) is 3.93. The highest BCUT2D eigenvalue weighted by Crippen LogP contribution is 2.32. The van der Waals surface area contributed by atoms with Crippen molar-refractivity contribution in [2.45, 2.75) is 13.8 Å². The van der Waals surface area contributed by atoms with Gasteiger partial charge in [0.25, 0.3) is 0 Å². The van der Waals surface area contributed by atoms with Gasteiger partial charge in [0.1, 0.15) is 5.75 Å². The Morgan fingerprint density at radius 1 is 1.10 bits per heavy atom. The van der Waals surface area contributed by atoms with E-state index >= 15 is 0 Å². The second kappa shape index (κ2) is 5.99. The van der Waals surface area contributed by atoms with Crippen LogP contribution in [0.1, 0.15) is 22.8 Å². The molecule has 0 aliphatic rings. The van der Waals surface area contributed by atoms with Crippen LogP contribution in [0.3, 0.4) is 0 Å². The molecule has 0 aliphatic carbocycles. The maximum atomic E-state index is 13.9. The van der Waals surface area contributed by atoms with Crippen LogP contribution in [0.15, 0.2) is 24.3 Å². The van der Waals surface area contributed by atoms with Crippen molar-refractivity contribution in [2.24, 2.45) is 0 Å². The van der Waals surface area contributed by atoms with Gasteiger partial charge in [0.2, 0.25) is 0 Å². The lowest BCUT2D eigenvalue weighted by Gasteiger charge is -2.13. The maximum absolute atomic E-state index is 13.9. The first-order valence-electron chi connectivity index (χ1n) is 6.36. The van der Waals surface area contributed by atoms with Crippen LogP contribution in [0.25, 0.3) is 11.1 Å². The van der Waals surface area contributed by atoms with E-state index in [4.69, 9.17) is 4.74 Å². The highest BCUT2D eigenvalue weighted by Gasteiger charge is 2.18. The Kier molecular flexibility index (Phi) is 4.31. The number of benzene rings is 2. The van der Waals surface area contributed by atoms with E-state index in [0.29, 0.717) is 24.2 Å². The molecule has 0 spiro atoms. The van der Waals surface area contributed by atoms with Crippen LogP contribution in [-0.2, 0) is 0 Å². The molecule has 0 heterocycles. The van der Waals surface area contributed by atoms with Crippen molar-refractivity contribution >= 4 is 6.29 Å². The Bertz CT molecular complexity index is 696. The summed E-state index contributed by atoms with van der Waals surface area (Å²) in [5.41, 5.74) is 0.847. The molecule has 2 nitrogen and oxygen atoms in total. The molecule has 0 amide bonds. The lowest BCUT2D eigenvalue weighted by atomic mass is 9.97. The minimum absolute atomic E-state index is 0.147. The zero-order valence-electron chi connectivity index (χ0n) is 11.5. The van der Waals surface area contributed by atoms with Gasteiger partial charge in [-0.3, -0.25) is 4.79 Å². The largest absolute Gasteiger partial charge is 0.494 e. The average Bonchev–Trinajstić information content (AvgIpc) is 2.47. The van der Waals surface area contributed by atoms with E-state index in [1.807, 2.05) is 0 Å². The standard InChI is InChI=1S/C16H13F3O2/c1-3-21-14-7-10(8-20)12(6-9(14)2)11-4-5-13(17)16(19)15(11)18/h4-8H,3H2,1-2H3. The Balaban J connectivity index is 2.67. The van der Waals surface area contributed by atoms with E-state index in [1.165, 1.54) is 12.1 Å². The second-order valence-corrected chi connectivity index (χ2v) is 4.48. The van der Waals surface area contributed by atoms with E-state index in [9.17, 15) is 18.0 Å². The third-order valence-electron chi connectivity index (χ3n) is 3.10. The van der Waals surface area contributed by atoms with E-state index in [-0.39, 0.29) is 16.7 Å². The fourth-order valence-corrected chi connectivity index (χ4v) is 2.08. The maximum Gasteiger partial charge on any atom is 0.195 e. The fourth-order valence-electron chi connectivity index (χ4n) is 2.08. The third kappa shape index (κ3) is 2.77. The van der Waals surface area contributed by atoms with Crippen molar-refractivity contribution in [2.75, 3.05) is 6.61 Å². The summed E-state index contributed by atoms with van der Waals surface area (Å²) in [4.78, 5) is 11.2. The molecule has 2 rings (SSSR count). The van der Waals surface area contributed by atoms with Gasteiger partial charge in [-0.1, -0.05) is 0 Å². The lowest BCUT2D eigenvalue weighted by molar-refractivity contribution is 0.112. The Morgan fingerprint density at radius 2 is 1.81 bits per heavy atom. The molecule has 110 valence electrons. The van der Waals surface area contributed by atoms with Crippen molar-refractivity contribution < 1.29 is 22.7 Å². The lowest BCUT2D eigenvalue weighted by Crippen LogP contribution is -2.00. The summed E-state index contributed by atoms with van der Waals surface area (Å²) in [5, 5.41) is 0. The van der Waals surface area contributed by atoms with Gasteiger partial charge in [-0.05, 0) is 49.2 Å². The second-order valence-electron chi connectivity index (χ2n) is 4.48. The van der Waals surface area contributed by atoms with Crippen molar-refractivity contribution in [1.82, 2.24) is 0 Å². The number of halogens is 3. The molecule has 0 unspecified atom stereocenters. The summed E-state index contributed by atoms with van der Waals surface area (Å²) in [5.74, 6) is -3.66. The van der Waals surface area contributed by atoms with E-state index < -0.39 is 17.5 Å². The summed E-state index contributed by atoms with van der Waals surface area (Å²) in [6, 6.07) is 4.91. The molecule has 2 aromatic carbocycles. The summed E-state index contributed by atoms with van der Waals surface area (Å²) in [7, 11) is 0. The number of carbonyl (C=O) groups is 1. The minimum Gasteiger partial charge on any atom is -0.494 e. The Hall–Kier alpha value is -2.30. The molecular formula is C16H13F3O2. The SMILES string of the molecule is CCOc1cc(C=O)c(-c2ccc(F)c(F)c2F)cc1C. The van der Waals surface area contributed by atoms with Crippen LogP contribution in [0.4, 0.5) is 13.2 Å². The summed E-state index contributed by atoms with van der Waals surface area (Å²) < 4.78 is 45.6. The molecule has 2 aromatic rings. The zero-order chi connectivity index (χ0) is 15.6. The summed E-state index contributed by atoms with van der Waals surface area (Å²) >= 11 is 0. The molecule has 5 heteroatoms. The van der Waals surface area contributed by atoms with Crippen molar-refractivity contribution in [1.29, 1.82) is 0 Å². The van der Waals surface area contributed by atoms with Gasteiger partial charge >= 0.3 is 0 Å². The molecular weight excluding hydrogens is 281 g/mol. The predicted molar refractivity (Wildman–Crippen MR) is 73.0 cm³/mol. The molecule has 0 atom stereocenters. The number of rotatable bonds is 4. The highest BCUT2D eigenvalue weighted by atomic mass is 19.2. The van der Waals surface area contributed by atoms with Gasteiger partial charge in [-0.2, -0.15) is 0 Å². The Morgan fingerprint density at radius 3 is 2.43 bits per heavy atom. The molecule has 0 saturated carbocycles. The van der Waals surface area contributed by atoms with Gasteiger partial charge < -0.3 is 4.74 Å². The molecule has 0 aromatic heterocycles. The number of aldehydes is 1. The molecule has 0 bridgehead atoms. The number of aryl methyl sites for hydroxylation is 1. The number of hydrogen-bond donors (Lipinski definition) is 0. The normalized spacial score (nSPS) is 10.5. The van der Waals surface area contributed by atoms with Gasteiger partial charge in [-0.15, -0.1) is 0 Å². The van der Waals surface area contributed by atoms with Gasteiger partial charge in [0.05, 0.1) is 6.61 Å². The molecule has 0 N–H and O–H groups in total. The monoisotopic (exact) mass is 294 g/mol. The first-order chi connectivity index (χ1) is 9.99. The van der Waals surface area contributed by atoms with E-state index in [0.717, 1.165) is 12.1 Å². The van der Waals surface area contributed by atoms with Crippen molar-refractivity contribution in [3.8, 4) is 16.9 Å². The Labute approximate surface area is 120 Å². The predicted octanol–water partition coefficient (Wildman–Crippen LogP) is 4.29. The van der Waals surface area contributed by atoms with Crippen LogP contribution in [0.2, 0.25) is 0 Å². The van der Waals surface area contributed by atoms with Gasteiger partial charge in [-0.25, -0.2) is 13.2 Å². The quantitative estimate of drug-likeness (QED) is 0.621. The minimum atomic E-state index is -1.56. The molecule has 0 fully saturated rings. The third-order valence-corrected chi connectivity index (χ3v) is 3.10. The van der Waals surface area contributed by atoms with Gasteiger partial charge in [0, 0.05) is 11.1 Å². The van der Waals surface area contributed by atoms with Crippen LogP contribution < -0.4 is 4.74 Å². The van der Waals surface area contributed by atoms with Crippen LogP contribution in [0, 0.1) is 24.4 Å². The first-order valence-corrected chi connectivity index (χ1v) is 6.36. The van der Waals surface area contributed by atoms with Crippen molar-refractivity contribution in [3.63, 3.8) is 0 Å². The molecule has 0 radical (unpaired) electrons. The molecule has 0 saturated heterocycles. The smallest absolute Gasteiger partial charge is 0.195 e. The van der Waals surface area contributed by atoms with Crippen LogP contribution >= 0.6 is 0 Å². The van der Waals surface area contributed by atoms with E-state index in [1.54, 1.807) is 13.8 Å².